The number of aliphatic hydroxyl groups is 2. The molecule has 1 rings (SSSR count). The van der Waals surface area contributed by atoms with E-state index in [1.807, 2.05) is 0 Å². The maximum Gasteiger partial charge on any atom is 0.105 e. The van der Waals surface area contributed by atoms with Crippen LogP contribution >= 0.6 is 15.9 Å². The summed E-state index contributed by atoms with van der Waals surface area (Å²) in [5.41, 5.74) is 14.7. The summed E-state index contributed by atoms with van der Waals surface area (Å²) < 4.78 is 0.639. The van der Waals surface area contributed by atoms with Gasteiger partial charge in [-0.1, -0.05) is 11.2 Å². The zero-order valence-corrected chi connectivity index (χ0v) is 9.87. The van der Waals surface area contributed by atoms with Crippen LogP contribution in [0.1, 0.15) is 11.7 Å². The zero-order chi connectivity index (χ0) is 12.1. The van der Waals surface area contributed by atoms with Crippen molar-refractivity contribution in [3.05, 3.63) is 38.7 Å². The van der Waals surface area contributed by atoms with Crippen molar-refractivity contribution >= 4 is 21.6 Å². The molecule has 4 N–H and O–H groups in total. The van der Waals surface area contributed by atoms with Crippen LogP contribution in [0, 0.1) is 0 Å². The lowest BCUT2D eigenvalue weighted by Crippen LogP contribution is -2.21. The Labute approximate surface area is 100 Å². The van der Waals surface area contributed by atoms with Gasteiger partial charge in [-0.25, -0.2) is 0 Å². The molecule has 0 aliphatic carbocycles. The molecule has 16 heavy (non-hydrogen) atoms. The van der Waals surface area contributed by atoms with E-state index in [0.29, 0.717) is 15.7 Å². The van der Waals surface area contributed by atoms with Crippen LogP contribution < -0.4 is 5.73 Å². The molecule has 7 heteroatoms. The number of benzene rings is 1. The molecule has 0 aliphatic rings. The predicted octanol–water partition coefficient (Wildman–Crippen LogP) is 1.74. The molecule has 1 aromatic rings. The SMILES string of the molecule is [N-]=[N+]=NCC(O)C(O)c1ccc(N)c(Br)c1. The summed E-state index contributed by atoms with van der Waals surface area (Å²) in [7, 11) is 0. The average molecular weight is 287 g/mol. The van der Waals surface area contributed by atoms with Crippen LogP contribution in [0.25, 0.3) is 10.4 Å². The first kappa shape index (κ1) is 12.8. The molecule has 0 radical (unpaired) electrons. The van der Waals surface area contributed by atoms with E-state index >= 15 is 0 Å². The Balaban J connectivity index is 2.82. The number of anilines is 1. The van der Waals surface area contributed by atoms with Crippen molar-refractivity contribution in [2.75, 3.05) is 12.3 Å². The van der Waals surface area contributed by atoms with Gasteiger partial charge in [-0.05, 0) is 39.2 Å². The minimum absolute atomic E-state index is 0.181. The molecule has 0 spiro atoms. The number of hydrogen-bond acceptors (Lipinski definition) is 4. The second-order valence-electron chi connectivity index (χ2n) is 3.21. The number of nitrogens with two attached hydrogens (primary N) is 1. The maximum absolute atomic E-state index is 9.74. The fourth-order valence-corrected chi connectivity index (χ4v) is 1.57. The van der Waals surface area contributed by atoms with Crippen LogP contribution in [0.3, 0.4) is 0 Å². The van der Waals surface area contributed by atoms with Gasteiger partial charge >= 0.3 is 0 Å². The second-order valence-corrected chi connectivity index (χ2v) is 4.06. The largest absolute Gasteiger partial charge is 0.398 e. The quantitative estimate of drug-likeness (QED) is 0.339. The van der Waals surface area contributed by atoms with Crippen molar-refractivity contribution in [2.24, 2.45) is 5.11 Å². The molecular formula is C9H11BrN4O2. The fourth-order valence-electron chi connectivity index (χ4n) is 1.17. The number of nitrogen functional groups attached to an aromatic ring is 1. The van der Waals surface area contributed by atoms with Crippen molar-refractivity contribution in [1.82, 2.24) is 0 Å². The van der Waals surface area contributed by atoms with Crippen molar-refractivity contribution in [3.63, 3.8) is 0 Å². The molecule has 2 unspecified atom stereocenters. The molecule has 0 heterocycles. The highest BCUT2D eigenvalue weighted by Crippen LogP contribution is 2.25. The van der Waals surface area contributed by atoms with Crippen LogP contribution in [0.5, 0.6) is 0 Å². The molecule has 2 atom stereocenters. The number of nitrogens with zero attached hydrogens (tertiary/aromatic N) is 3. The Morgan fingerprint density at radius 3 is 2.75 bits per heavy atom. The molecule has 1 aromatic carbocycles. The normalized spacial score (nSPS) is 13.9. The van der Waals surface area contributed by atoms with E-state index in [1.54, 1.807) is 18.2 Å². The second kappa shape index (κ2) is 5.72. The number of azide groups is 1. The van der Waals surface area contributed by atoms with Crippen LogP contribution in [-0.2, 0) is 0 Å². The van der Waals surface area contributed by atoms with Gasteiger partial charge in [-0.3, -0.25) is 0 Å². The van der Waals surface area contributed by atoms with Crippen LogP contribution in [0.4, 0.5) is 5.69 Å². The Morgan fingerprint density at radius 1 is 1.50 bits per heavy atom. The Hall–Kier alpha value is -1.27. The van der Waals surface area contributed by atoms with E-state index in [-0.39, 0.29) is 6.54 Å². The number of rotatable bonds is 4. The molecule has 0 aromatic heterocycles. The van der Waals surface area contributed by atoms with Gasteiger partial charge in [0.25, 0.3) is 0 Å². The van der Waals surface area contributed by atoms with E-state index in [2.05, 4.69) is 26.0 Å². The molecule has 0 fully saturated rings. The Morgan fingerprint density at radius 2 is 2.19 bits per heavy atom. The smallest absolute Gasteiger partial charge is 0.105 e. The summed E-state index contributed by atoms with van der Waals surface area (Å²) in [6, 6.07) is 4.83. The van der Waals surface area contributed by atoms with E-state index in [9.17, 15) is 10.2 Å². The molecule has 0 bridgehead atoms. The van der Waals surface area contributed by atoms with Gasteiger partial charge in [-0.15, -0.1) is 0 Å². The van der Waals surface area contributed by atoms with Crippen LogP contribution in [-0.4, -0.2) is 22.9 Å². The molecule has 6 nitrogen and oxygen atoms in total. The maximum atomic E-state index is 9.74. The third-order valence-electron chi connectivity index (χ3n) is 2.06. The molecule has 0 saturated heterocycles. The van der Waals surface area contributed by atoms with E-state index in [1.165, 1.54) is 0 Å². The van der Waals surface area contributed by atoms with Crippen LogP contribution in [0.2, 0.25) is 0 Å². The summed E-state index contributed by atoms with van der Waals surface area (Å²) in [6.45, 7) is -0.181. The summed E-state index contributed by atoms with van der Waals surface area (Å²) in [5, 5.41) is 22.4. The van der Waals surface area contributed by atoms with Crippen molar-refractivity contribution < 1.29 is 10.2 Å². The fraction of sp³-hybridized carbons (Fsp3) is 0.333. The van der Waals surface area contributed by atoms with Crippen LogP contribution in [0.15, 0.2) is 27.8 Å². The van der Waals surface area contributed by atoms with Gasteiger partial charge in [0.2, 0.25) is 0 Å². The lowest BCUT2D eigenvalue weighted by atomic mass is 10.0. The average Bonchev–Trinajstić information content (AvgIpc) is 2.28. The summed E-state index contributed by atoms with van der Waals surface area (Å²) in [6.07, 6.45) is -2.24. The lowest BCUT2D eigenvalue weighted by Gasteiger charge is -2.16. The van der Waals surface area contributed by atoms with Crippen molar-refractivity contribution in [2.45, 2.75) is 12.2 Å². The monoisotopic (exact) mass is 286 g/mol. The standard InChI is InChI=1S/C9H11BrN4O2/c10-6-3-5(1-2-7(6)11)9(16)8(15)4-13-14-12/h1-3,8-9,15-16H,4,11H2. The first-order chi connectivity index (χ1) is 7.56. The summed E-state index contributed by atoms with van der Waals surface area (Å²) in [4.78, 5) is 2.51. The molecule has 0 aliphatic heterocycles. The number of hydrogen-bond donors (Lipinski definition) is 3. The third-order valence-corrected chi connectivity index (χ3v) is 2.75. The summed E-state index contributed by atoms with van der Waals surface area (Å²) >= 11 is 3.22. The highest BCUT2D eigenvalue weighted by molar-refractivity contribution is 9.10. The first-order valence-electron chi connectivity index (χ1n) is 4.48. The third kappa shape index (κ3) is 3.11. The van der Waals surface area contributed by atoms with Crippen molar-refractivity contribution in [1.29, 1.82) is 0 Å². The number of aliphatic hydroxyl groups excluding tert-OH is 2. The van der Waals surface area contributed by atoms with Gasteiger partial charge in [0.15, 0.2) is 0 Å². The highest BCUT2D eigenvalue weighted by Gasteiger charge is 2.18. The predicted molar refractivity (Wildman–Crippen MR) is 63.5 cm³/mol. The minimum atomic E-state index is -1.13. The molecule has 86 valence electrons. The highest BCUT2D eigenvalue weighted by atomic mass is 79.9. The van der Waals surface area contributed by atoms with Gasteiger partial charge < -0.3 is 15.9 Å². The van der Waals surface area contributed by atoms with Gasteiger partial charge in [0.1, 0.15) is 6.10 Å². The van der Waals surface area contributed by atoms with E-state index in [0.717, 1.165) is 0 Å². The number of halogens is 1. The zero-order valence-electron chi connectivity index (χ0n) is 8.29. The van der Waals surface area contributed by atoms with Crippen molar-refractivity contribution in [3.8, 4) is 0 Å². The molecular weight excluding hydrogens is 276 g/mol. The molecule has 0 amide bonds. The Kier molecular flexibility index (Phi) is 4.57. The minimum Gasteiger partial charge on any atom is -0.398 e. The Bertz CT molecular complexity index is 420. The molecule has 0 saturated carbocycles. The lowest BCUT2D eigenvalue weighted by molar-refractivity contribution is 0.0244. The summed E-state index contributed by atoms with van der Waals surface area (Å²) in [5.74, 6) is 0. The topological polar surface area (TPSA) is 115 Å². The van der Waals surface area contributed by atoms with Gasteiger partial charge in [0.05, 0.1) is 12.6 Å². The first-order valence-corrected chi connectivity index (χ1v) is 5.27. The van der Waals surface area contributed by atoms with Gasteiger partial charge in [0, 0.05) is 15.1 Å². The van der Waals surface area contributed by atoms with E-state index < -0.39 is 12.2 Å². The van der Waals surface area contributed by atoms with Gasteiger partial charge in [-0.2, -0.15) is 0 Å². The van der Waals surface area contributed by atoms with E-state index in [4.69, 9.17) is 11.3 Å².